The van der Waals surface area contributed by atoms with Gasteiger partial charge < -0.3 is 14.6 Å². The fraction of sp³-hybridized carbons (Fsp3) is 0.269. The fourth-order valence-electron chi connectivity index (χ4n) is 4.36. The molecule has 2 N–H and O–H groups in total. The minimum absolute atomic E-state index is 0.0797. The predicted octanol–water partition coefficient (Wildman–Crippen LogP) is 6.09. The summed E-state index contributed by atoms with van der Waals surface area (Å²) in [5.74, 6) is -1.64. The lowest BCUT2D eigenvalue weighted by Gasteiger charge is -2.38. The molecule has 0 bridgehead atoms. The van der Waals surface area contributed by atoms with E-state index >= 15 is 0 Å². The molecule has 2 heterocycles. The van der Waals surface area contributed by atoms with E-state index in [1.54, 1.807) is 30.3 Å². The van der Waals surface area contributed by atoms with E-state index < -0.39 is 11.6 Å². The number of anilines is 2. The number of rotatable bonds is 4. The number of nitrogens with two attached hydrogens (primary N) is 1. The van der Waals surface area contributed by atoms with Gasteiger partial charge in [0.05, 0.1) is 4.90 Å². The molecule has 0 radical (unpaired) electrons. The Hall–Kier alpha value is -2.68. The molecule has 9 heteroatoms. The molecule has 184 valence electrons. The van der Waals surface area contributed by atoms with Crippen molar-refractivity contribution in [1.82, 2.24) is 0 Å². The molecule has 1 fully saturated rings. The van der Waals surface area contributed by atoms with Crippen molar-refractivity contribution in [2.45, 2.75) is 24.3 Å². The summed E-state index contributed by atoms with van der Waals surface area (Å²) < 4.78 is 41.8. The molecule has 35 heavy (non-hydrogen) atoms. The average molecular weight is 520 g/mol. The summed E-state index contributed by atoms with van der Waals surface area (Å²) in [5, 5.41) is 5.82. The molecule has 2 aliphatic heterocycles. The standard InChI is InChI=1S/C16H12ClF2NO.C10H13FN2S/c17-13-4-2-1-3-12(13)11-5-14(18)16(15(19)6-11)20-7-10(8-20)9-21;1-6-3-7-4-8(11)10(14-12)5-9(7)13(6)2/h1-6,9-10H,7-8H2;4-6H,3,12H2,1-2H3. The van der Waals surface area contributed by atoms with Crippen LogP contribution in [0.5, 0.6) is 0 Å². The molecule has 3 aromatic rings. The van der Waals surface area contributed by atoms with E-state index in [1.165, 1.54) is 17.0 Å². The molecule has 0 amide bonds. The minimum atomic E-state index is -0.644. The zero-order valence-corrected chi connectivity index (χ0v) is 20.8. The van der Waals surface area contributed by atoms with Crippen LogP contribution in [0.1, 0.15) is 12.5 Å². The van der Waals surface area contributed by atoms with Crippen LogP contribution in [0.2, 0.25) is 5.02 Å². The minimum Gasteiger partial charge on any atom is -0.371 e. The third kappa shape index (κ3) is 5.15. The predicted molar refractivity (Wildman–Crippen MR) is 137 cm³/mol. The largest absolute Gasteiger partial charge is 0.371 e. The summed E-state index contributed by atoms with van der Waals surface area (Å²) in [6, 6.07) is 13.3. The number of aldehydes is 1. The Kier molecular flexibility index (Phi) is 7.64. The number of nitrogens with zero attached hydrogens (tertiary/aromatic N) is 2. The molecule has 1 unspecified atom stereocenters. The van der Waals surface area contributed by atoms with Crippen molar-refractivity contribution in [3.05, 3.63) is 76.6 Å². The van der Waals surface area contributed by atoms with Crippen molar-refractivity contribution < 1.29 is 18.0 Å². The SMILES string of the molecule is CC1Cc2cc(F)c(SN)cc2N1C.O=CC1CN(c2c(F)cc(-c3ccccc3Cl)cc2F)C1. The lowest BCUT2D eigenvalue weighted by Crippen LogP contribution is -2.48. The van der Waals surface area contributed by atoms with E-state index in [0.717, 1.165) is 35.9 Å². The first-order valence-electron chi connectivity index (χ1n) is 11.1. The van der Waals surface area contributed by atoms with Crippen LogP contribution in [0.25, 0.3) is 11.1 Å². The van der Waals surface area contributed by atoms with Crippen molar-refractivity contribution in [3.8, 4) is 11.1 Å². The number of likely N-dealkylation sites (N-methyl/N-ethyl adjacent to an activating group) is 1. The van der Waals surface area contributed by atoms with Crippen molar-refractivity contribution in [2.24, 2.45) is 11.1 Å². The van der Waals surface area contributed by atoms with Gasteiger partial charge in [-0.25, -0.2) is 13.2 Å². The van der Waals surface area contributed by atoms with Crippen molar-refractivity contribution in [2.75, 3.05) is 29.9 Å². The van der Waals surface area contributed by atoms with E-state index in [4.69, 9.17) is 16.7 Å². The van der Waals surface area contributed by atoms with Gasteiger partial charge in [0.2, 0.25) is 0 Å². The number of hydrogen-bond donors (Lipinski definition) is 1. The van der Waals surface area contributed by atoms with E-state index in [2.05, 4.69) is 11.8 Å². The molecular formula is C26H25ClF3N3OS. The fourth-order valence-corrected chi connectivity index (χ4v) is 4.95. The van der Waals surface area contributed by atoms with Gasteiger partial charge in [-0.2, -0.15) is 0 Å². The van der Waals surface area contributed by atoms with E-state index in [9.17, 15) is 18.0 Å². The molecule has 4 nitrogen and oxygen atoms in total. The first kappa shape index (κ1) is 25.4. The molecule has 0 spiro atoms. The molecule has 0 saturated carbocycles. The maximum atomic E-state index is 14.2. The Morgan fingerprint density at radius 3 is 2.31 bits per heavy atom. The van der Waals surface area contributed by atoms with Crippen molar-refractivity contribution in [1.29, 1.82) is 0 Å². The Labute approximate surface area is 212 Å². The Bertz CT molecular complexity index is 1230. The summed E-state index contributed by atoms with van der Waals surface area (Å²) in [4.78, 5) is 14.8. The van der Waals surface area contributed by atoms with Crippen LogP contribution >= 0.6 is 23.5 Å². The molecule has 1 atom stereocenters. The zero-order valence-electron chi connectivity index (χ0n) is 19.3. The van der Waals surface area contributed by atoms with Gasteiger partial charge in [0, 0.05) is 48.4 Å². The summed E-state index contributed by atoms with van der Waals surface area (Å²) in [7, 11) is 2.03. The number of halogens is 4. The first-order chi connectivity index (χ1) is 16.7. The number of carbonyl (C=O) groups is 1. The molecule has 3 aromatic carbocycles. The van der Waals surface area contributed by atoms with E-state index in [-0.39, 0.29) is 17.4 Å². The average Bonchev–Trinajstić information content (AvgIpc) is 3.07. The van der Waals surface area contributed by atoms with Gasteiger partial charge >= 0.3 is 0 Å². The van der Waals surface area contributed by atoms with E-state index in [1.807, 2.05) is 13.1 Å². The summed E-state index contributed by atoms with van der Waals surface area (Å²) in [5.41, 5.74) is 3.08. The highest BCUT2D eigenvalue weighted by Gasteiger charge is 2.31. The third-order valence-electron chi connectivity index (χ3n) is 6.44. The maximum absolute atomic E-state index is 14.2. The van der Waals surface area contributed by atoms with Crippen LogP contribution in [0, 0.1) is 23.4 Å². The van der Waals surface area contributed by atoms with Crippen molar-refractivity contribution in [3.63, 3.8) is 0 Å². The summed E-state index contributed by atoms with van der Waals surface area (Å²) in [6.45, 7) is 2.83. The molecule has 2 aliphatic rings. The Morgan fingerprint density at radius 1 is 1.06 bits per heavy atom. The smallest absolute Gasteiger partial charge is 0.150 e. The van der Waals surface area contributed by atoms with Crippen LogP contribution in [-0.4, -0.2) is 32.5 Å². The quantitative estimate of drug-likeness (QED) is 0.334. The molecule has 0 aromatic heterocycles. The third-order valence-corrected chi connectivity index (χ3v) is 7.33. The number of hydrogen-bond acceptors (Lipinski definition) is 5. The summed E-state index contributed by atoms with van der Waals surface area (Å²) in [6.07, 6.45) is 1.72. The highest BCUT2D eigenvalue weighted by molar-refractivity contribution is 7.97. The van der Waals surface area contributed by atoms with Gasteiger partial charge in [-0.05, 0) is 66.8 Å². The van der Waals surface area contributed by atoms with Gasteiger partial charge in [-0.1, -0.05) is 29.8 Å². The lowest BCUT2D eigenvalue weighted by molar-refractivity contribution is -0.111. The topological polar surface area (TPSA) is 49.6 Å². The normalized spacial score (nSPS) is 16.9. The first-order valence-corrected chi connectivity index (χ1v) is 12.3. The highest BCUT2D eigenvalue weighted by atomic mass is 35.5. The van der Waals surface area contributed by atoms with Gasteiger partial charge in [0.1, 0.15) is 29.4 Å². The second-order valence-corrected chi connectivity index (χ2v) is 9.85. The number of carbonyl (C=O) groups excluding carboxylic acids is 1. The van der Waals surface area contributed by atoms with E-state index in [0.29, 0.717) is 40.2 Å². The number of fused-ring (bicyclic) bond motifs is 1. The second kappa shape index (κ2) is 10.5. The Morgan fingerprint density at radius 2 is 1.71 bits per heavy atom. The van der Waals surface area contributed by atoms with Crippen LogP contribution in [-0.2, 0) is 11.2 Å². The second-order valence-electron chi connectivity index (χ2n) is 8.76. The monoisotopic (exact) mass is 519 g/mol. The molecule has 1 saturated heterocycles. The van der Waals surface area contributed by atoms with Gasteiger partial charge in [0.25, 0.3) is 0 Å². The van der Waals surface area contributed by atoms with Crippen LogP contribution < -0.4 is 14.9 Å². The van der Waals surface area contributed by atoms with Gasteiger partial charge in [-0.15, -0.1) is 0 Å². The van der Waals surface area contributed by atoms with Gasteiger partial charge in [0.15, 0.2) is 0 Å². The van der Waals surface area contributed by atoms with Crippen LogP contribution in [0.3, 0.4) is 0 Å². The van der Waals surface area contributed by atoms with Crippen molar-refractivity contribution >= 4 is 41.2 Å². The zero-order chi connectivity index (χ0) is 25.3. The lowest BCUT2D eigenvalue weighted by atomic mass is 9.99. The van der Waals surface area contributed by atoms with Gasteiger partial charge in [-0.3, -0.25) is 5.14 Å². The molecular weight excluding hydrogens is 495 g/mol. The summed E-state index contributed by atoms with van der Waals surface area (Å²) >= 11 is 7.01. The maximum Gasteiger partial charge on any atom is 0.150 e. The highest BCUT2D eigenvalue weighted by Crippen LogP contribution is 2.36. The van der Waals surface area contributed by atoms with Crippen LogP contribution in [0.4, 0.5) is 24.5 Å². The molecule has 0 aliphatic carbocycles. The number of benzene rings is 3. The Balaban J connectivity index is 0.000000179. The molecule has 5 rings (SSSR count). The van der Waals surface area contributed by atoms with Crippen LogP contribution in [0.15, 0.2) is 53.4 Å².